The van der Waals surface area contributed by atoms with Gasteiger partial charge in [0.2, 0.25) is 0 Å². The van der Waals surface area contributed by atoms with Crippen molar-refractivity contribution in [2.75, 3.05) is 24.6 Å². The summed E-state index contributed by atoms with van der Waals surface area (Å²) < 4.78 is 34.1. The number of aryl methyl sites for hydroxylation is 2. The molecule has 5 rings (SSSR count). The Morgan fingerprint density at radius 3 is 2.51 bits per heavy atom. The van der Waals surface area contributed by atoms with Crippen molar-refractivity contribution in [3.8, 4) is 5.75 Å². The lowest BCUT2D eigenvalue weighted by atomic mass is 10.1. The largest absolute Gasteiger partial charge is 0.493 e. The van der Waals surface area contributed by atoms with Crippen LogP contribution in [0.25, 0.3) is 11.0 Å². The van der Waals surface area contributed by atoms with E-state index in [4.69, 9.17) is 4.74 Å². The highest BCUT2D eigenvalue weighted by molar-refractivity contribution is 7.90. The van der Waals surface area contributed by atoms with Gasteiger partial charge in [0.15, 0.2) is 5.65 Å². The Hall–Kier alpha value is -3.85. The van der Waals surface area contributed by atoms with Gasteiger partial charge in [-0.25, -0.2) is 22.2 Å². The highest BCUT2D eigenvalue weighted by Crippen LogP contribution is 2.30. The van der Waals surface area contributed by atoms with Crippen molar-refractivity contribution in [1.29, 1.82) is 0 Å². The van der Waals surface area contributed by atoms with Crippen LogP contribution in [0.2, 0.25) is 0 Å². The molecule has 3 heterocycles. The number of ether oxygens (including phenoxy) is 1. The van der Waals surface area contributed by atoms with Crippen LogP contribution in [0.3, 0.4) is 0 Å². The lowest BCUT2D eigenvalue weighted by Gasteiger charge is -2.36. The van der Waals surface area contributed by atoms with Crippen molar-refractivity contribution in [3.63, 3.8) is 0 Å². The molecule has 0 radical (unpaired) electrons. The molecule has 216 valence electrons. The maximum absolute atomic E-state index is 13.7. The van der Waals surface area contributed by atoms with Crippen molar-refractivity contribution < 1.29 is 17.9 Å². The van der Waals surface area contributed by atoms with Crippen LogP contribution in [0.1, 0.15) is 56.2 Å². The second kappa shape index (κ2) is 12.3. The van der Waals surface area contributed by atoms with Crippen LogP contribution >= 0.6 is 0 Å². The second-order valence-corrected chi connectivity index (χ2v) is 12.4. The smallest absolute Gasteiger partial charge is 0.324 e. The number of pyridine rings is 1. The maximum Gasteiger partial charge on any atom is 0.324 e. The Kier molecular flexibility index (Phi) is 8.63. The molecule has 41 heavy (non-hydrogen) atoms. The van der Waals surface area contributed by atoms with E-state index in [1.54, 1.807) is 36.5 Å². The Morgan fingerprint density at radius 2 is 1.76 bits per heavy atom. The van der Waals surface area contributed by atoms with Gasteiger partial charge in [-0.3, -0.25) is 4.90 Å². The topological polar surface area (TPSA) is 84.7 Å². The Balaban J connectivity index is 1.38. The van der Waals surface area contributed by atoms with Crippen LogP contribution in [-0.2, 0) is 23.0 Å². The highest BCUT2D eigenvalue weighted by Gasteiger charge is 2.28. The summed E-state index contributed by atoms with van der Waals surface area (Å²) in [7, 11) is -3.81. The van der Waals surface area contributed by atoms with Crippen molar-refractivity contribution in [2.24, 2.45) is 0 Å². The van der Waals surface area contributed by atoms with Crippen LogP contribution in [0.4, 0.5) is 10.5 Å². The first-order valence-corrected chi connectivity index (χ1v) is 15.9. The zero-order valence-corrected chi connectivity index (χ0v) is 24.9. The molecule has 1 aliphatic heterocycles. The molecule has 2 aromatic heterocycles. The van der Waals surface area contributed by atoms with Gasteiger partial charge in [-0.2, -0.15) is 0 Å². The molecule has 2 aromatic carbocycles. The fourth-order valence-corrected chi connectivity index (χ4v) is 6.57. The summed E-state index contributed by atoms with van der Waals surface area (Å²) >= 11 is 0. The molecule has 2 amide bonds. The number of unbranched alkanes of at least 4 members (excludes halogenated alkanes) is 2. The van der Waals surface area contributed by atoms with Gasteiger partial charge in [-0.05, 0) is 67.6 Å². The van der Waals surface area contributed by atoms with Gasteiger partial charge >= 0.3 is 6.03 Å². The van der Waals surface area contributed by atoms with Gasteiger partial charge in [-0.15, -0.1) is 0 Å². The van der Waals surface area contributed by atoms with Crippen molar-refractivity contribution in [2.45, 2.75) is 64.3 Å². The van der Waals surface area contributed by atoms with E-state index in [0.29, 0.717) is 37.3 Å². The number of aromatic nitrogens is 2. The summed E-state index contributed by atoms with van der Waals surface area (Å²) in [6.07, 6.45) is 8.11. The van der Waals surface area contributed by atoms with Crippen LogP contribution in [0.15, 0.2) is 71.9 Å². The first-order valence-electron chi connectivity index (χ1n) is 14.4. The number of anilines is 1. The molecule has 0 unspecified atom stereocenters. The maximum atomic E-state index is 13.7. The quantitative estimate of drug-likeness (QED) is 0.190. The summed E-state index contributed by atoms with van der Waals surface area (Å²) in [5, 5.41) is 0.711. The lowest BCUT2D eigenvalue weighted by molar-refractivity contribution is 0.192. The van der Waals surface area contributed by atoms with Gasteiger partial charge < -0.3 is 9.64 Å². The first-order chi connectivity index (χ1) is 19.8. The van der Waals surface area contributed by atoms with Gasteiger partial charge in [0.05, 0.1) is 11.5 Å². The molecule has 0 aliphatic carbocycles. The number of carbonyl (C=O) groups is 1. The minimum Gasteiger partial charge on any atom is -0.493 e. The average molecular weight is 575 g/mol. The molecule has 0 spiro atoms. The third-order valence-electron chi connectivity index (χ3n) is 7.64. The van der Waals surface area contributed by atoms with E-state index in [2.05, 4.69) is 24.9 Å². The summed E-state index contributed by atoms with van der Waals surface area (Å²) in [5.74, 6) is 0.845. The molecule has 1 aliphatic rings. The predicted octanol–water partition coefficient (Wildman–Crippen LogP) is 6.55. The molecular weight excluding hydrogens is 536 g/mol. The third-order valence-corrected chi connectivity index (χ3v) is 9.32. The number of fused-ring (bicyclic) bond motifs is 1. The Labute approximate surface area is 242 Å². The fraction of sp³-hybridized carbons (Fsp3) is 0.375. The molecule has 0 atom stereocenters. The minimum atomic E-state index is -3.81. The summed E-state index contributed by atoms with van der Waals surface area (Å²) in [6.45, 7) is 8.47. The molecule has 1 fully saturated rings. The molecule has 8 nitrogen and oxygen atoms in total. The predicted molar refractivity (Wildman–Crippen MR) is 162 cm³/mol. The minimum absolute atomic E-state index is 0.0749. The van der Waals surface area contributed by atoms with Crippen molar-refractivity contribution in [3.05, 3.63) is 83.7 Å². The first kappa shape index (κ1) is 28.7. The molecule has 0 saturated carbocycles. The molecule has 0 bridgehead atoms. The Morgan fingerprint density at radius 1 is 0.951 bits per heavy atom. The Bertz CT molecular complexity index is 1630. The van der Waals surface area contributed by atoms with E-state index in [-0.39, 0.29) is 10.9 Å². The van der Waals surface area contributed by atoms with E-state index in [0.717, 1.165) is 60.2 Å². The fourth-order valence-electron chi connectivity index (χ4n) is 5.27. The lowest BCUT2D eigenvalue weighted by Crippen LogP contribution is -2.49. The van der Waals surface area contributed by atoms with E-state index >= 15 is 0 Å². The number of nitrogens with zero attached hydrogens (tertiary/aromatic N) is 4. The third kappa shape index (κ3) is 5.95. The van der Waals surface area contributed by atoms with Gasteiger partial charge in [0.1, 0.15) is 5.75 Å². The molecular formula is C32H38N4O4S. The summed E-state index contributed by atoms with van der Waals surface area (Å²) in [6, 6.07) is 16.4. The molecule has 9 heteroatoms. The number of carbonyl (C=O) groups excluding carboxylic acids is 1. The van der Waals surface area contributed by atoms with Crippen LogP contribution in [-0.4, -0.2) is 48.0 Å². The van der Waals surface area contributed by atoms with E-state index < -0.39 is 10.0 Å². The van der Waals surface area contributed by atoms with Crippen LogP contribution in [0.5, 0.6) is 5.75 Å². The zero-order valence-electron chi connectivity index (χ0n) is 24.0. The van der Waals surface area contributed by atoms with Crippen molar-refractivity contribution >= 4 is 32.8 Å². The summed E-state index contributed by atoms with van der Waals surface area (Å²) in [4.78, 5) is 21.9. The number of hydrogen-bond acceptors (Lipinski definition) is 5. The monoisotopic (exact) mass is 574 g/mol. The SMILES string of the molecule is CCCCCOc1cc(N2CCCN(Cc3ccnc4c3ccn4S(=O)(=O)c3ccc(C)cc3)C2=O)ccc1CC. The molecule has 0 N–H and O–H groups in total. The number of benzene rings is 2. The van der Waals surface area contributed by atoms with E-state index in [1.165, 1.54) is 10.2 Å². The normalized spacial score (nSPS) is 14.2. The zero-order chi connectivity index (χ0) is 29.0. The van der Waals surface area contributed by atoms with Crippen molar-refractivity contribution in [1.82, 2.24) is 13.9 Å². The summed E-state index contributed by atoms with van der Waals surface area (Å²) in [5.41, 5.74) is 4.15. The average Bonchev–Trinajstić information content (AvgIpc) is 3.43. The number of amides is 2. The number of hydrogen-bond donors (Lipinski definition) is 0. The number of urea groups is 1. The standard InChI is InChI=1S/C32H38N4O4S/c1-4-6-7-21-40-30-22-27(12-11-25(30)5-2)35-19-8-18-34(32(35)37)23-26-15-17-33-31-29(26)16-20-36(31)41(38,39)28-13-9-24(3)10-14-28/h9-17,20,22H,4-8,18-19,21,23H2,1-3H3. The second-order valence-electron chi connectivity index (χ2n) is 10.5. The highest BCUT2D eigenvalue weighted by atomic mass is 32.2. The van der Waals surface area contributed by atoms with Gasteiger partial charge in [0.25, 0.3) is 10.0 Å². The molecule has 4 aromatic rings. The van der Waals surface area contributed by atoms with Gasteiger partial charge in [0, 0.05) is 49.2 Å². The number of rotatable bonds is 11. The van der Waals surface area contributed by atoms with Crippen LogP contribution in [0, 0.1) is 6.92 Å². The molecule has 1 saturated heterocycles. The van der Waals surface area contributed by atoms with Gasteiger partial charge in [-0.1, -0.05) is 50.5 Å². The van der Waals surface area contributed by atoms with Crippen LogP contribution < -0.4 is 9.64 Å². The van der Waals surface area contributed by atoms with E-state index in [9.17, 15) is 13.2 Å². The van der Waals surface area contributed by atoms with E-state index in [1.807, 2.05) is 34.9 Å².